The molecule has 4 nitrogen and oxygen atoms in total. The van der Waals surface area contributed by atoms with Crippen LogP contribution in [0.25, 0.3) is 0 Å². The van der Waals surface area contributed by atoms with Crippen molar-refractivity contribution in [3.8, 4) is 5.75 Å². The molecule has 1 aromatic rings. The van der Waals surface area contributed by atoms with Crippen LogP contribution in [0.5, 0.6) is 5.75 Å². The largest absolute Gasteiger partial charge is 0.494 e. The Hall–Kier alpha value is -1.55. The topological polar surface area (TPSA) is 55.8 Å². The fourth-order valence-electron chi connectivity index (χ4n) is 1.74. The summed E-state index contributed by atoms with van der Waals surface area (Å²) in [6.45, 7) is 4.30. The normalized spacial score (nSPS) is 13.8. The highest BCUT2D eigenvalue weighted by molar-refractivity contribution is 5.69. The van der Waals surface area contributed by atoms with E-state index in [9.17, 15) is 9.90 Å². The van der Waals surface area contributed by atoms with Gasteiger partial charge in [-0.05, 0) is 30.5 Å². The van der Waals surface area contributed by atoms with E-state index >= 15 is 0 Å². The first-order valence-electron chi connectivity index (χ1n) is 6.06. The summed E-state index contributed by atoms with van der Waals surface area (Å²) in [6.07, 6.45) is -0.513. The van der Waals surface area contributed by atoms with Gasteiger partial charge in [-0.2, -0.15) is 0 Å². The lowest BCUT2D eigenvalue weighted by molar-refractivity contribution is -0.142. The quantitative estimate of drug-likeness (QED) is 0.789. The monoisotopic (exact) mass is 252 g/mol. The lowest BCUT2D eigenvalue weighted by Gasteiger charge is -2.18. The molecule has 0 saturated carbocycles. The number of methoxy groups -OCH3 is 1. The van der Waals surface area contributed by atoms with E-state index in [0.29, 0.717) is 6.61 Å². The predicted octanol–water partition coefficient (Wildman–Crippen LogP) is 2.32. The minimum absolute atomic E-state index is 0.191. The number of ether oxygens (including phenoxy) is 2. The van der Waals surface area contributed by atoms with Gasteiger partial charge in [0, 0.05) is 0 Å². The Labute approximate surface area is 108 Å². The maximum atomic E-state index is 11.2. The molecule has 18 heavy (non-hydrogen) atoms. The highest BCUT2D eigenvalue weighted by Crippen LogP contribution is 2.27. The highest BCUT2D eigenvalue weighted by Gasteiger charge is 2.20. The van der Waals surface area contributed by atoms with Gasteiger partial charge in [0.2, 0.25) is 0 Å². The van der Waals surface area contributed by atoms with Crippen molar-refractivity contribution in [2.45, 2.75) is 26.4 Å². The van der Waals surface area contributed by atoms with Gasteiger partial charge >= 0.3 is 5.97 Å². The lowest BCUT2D eigenvalue weighted by Crippen LogP contribution is -2.15. The van der Waals surface area contributed by atoms with Crippen LogP contribution in [0, 0.1) is 5.92 Å². The minimum atomic E-state index is -0.704. The summed E-state index contributed by atoms with van der Waals surface area (Å²) in [5.74, 6) is 0.205. The second kappa shape index (κ2) is 7.01. The van der Waals surface area contributed by atoms with Gasteiger partial charge in [-0.25, -0.2) is 0 Å². The number of carbonyl (C=O) groups is 1. The number of rotatable bonds is 6. The van der Waals surface area contributed by atoms with Crippen LogP contribution in [-0.4, -0.2) is 24.8 Å². The van der Waals surface area contributed by atoms with Crippen molar-refractivity contribution >= 4 is 5.97 Å². The van der Waals surface area contributed by atoms with Crippen molar-refractivity contribution in [3.05, 3.63) is 29.8 Å². The first-order valence-corrected chi connectivity index (χ1v) is 6.06. The molecule has 1 N–H and O–H groups in total. The van der Waals surface area contributed by atoms with E-state index < -0.39 is 6.10 Å². The van der Waals surface area contributed by atoms with Crippen LogP contribution in [-0.2, 0) is 9.53 Å². The lowest BCUT2D eigenvalue weighted by atomic mass is 9.94. The van der Waals surface area contributed by atoms with Crippen molar-refractivity contribution in [1.82, 2.24) is 0 Å². The Morgan fingerprint density at radius 2 is 2.17 bits per heavy atom. The number of hydrogen-bond acceptors (Lipinski definition) is 4. The third-order valence-electron chi connectivity index (χ3n) is 2.77. The van der Waals surface area contributed by atoms with E-state index in [-0.39, 0.29) is 18.3 Å². The van der Waals surface area contributed by atoms with E-state index in [0.717, 1.165) is 11.3 Å². The fourth-order valence-corrected chi connectivity index (χ4v) is 1.74. The van der Waals surface area contributed by atoms with Gasteiger partial charge in [0.1, 0.15) is 5.75 Å². The molecule has 0 saturated heterocycles. The number of esters is 1. The van der Waals surface area contributed by atoms with Crippen molar-refractivity contribution in [3.63, 3.8) is 0 Å². The van der Waals surface area contributed by atoms with Crippen LogP contribution in [0.4, 0.5) is 0 Å². The molecule has 0 bridgehead atoms. The van der Waals surface area contributed by atoms with Crippen molar-refractivity contribution < 1.29 is 19.4 Å². The first kappa shape index (κ1) is 14.5. The van der Waals surface area contributed by atoms with Crippen LogP contribution in [0.3, 0.4) is 0 Å². The Kier molecular flexibility index (Phi) is 5.65. The van der Waals surface area contributed by atoms with Crippen LogP contribution in [0.15, 0.2) is 24.3 Å². The van der Waals surface area contributed by atoms with Crippen molar-refractivity contribution in [1.29, 1.82) is 0 Å². The summed E-state index contributed by atoms with van der Waals surface area (Å²) in [5.41, 5.74) is 0.748. The second-order valence-corrected chi connectivity index (χ2v) is 4.21. The summed E-state index contributed by atoms with van der Waals surface area (Å²) in [6, 6.07) is 7.28. The summed E-state index contributed by atoms with van der Waals surface area (Å²) in [5, 5.41) is 10.2. The number of hydrogen-bond donors (Lipinski definition) is 1. The van der Waals surface area contributed by atoms with Gasteiger partial charge in [0.05, 0.1) is 26.2 Å². The summed E-state index contributed by atoms with van der Waals surface area (Å²) in [4.78, 5) is 11.2. The van der Waals surface area contributed by atoms with Crippen LogP contribution >= 0.6 is 0 Å². The first-order chi connectivity index (χ1) is 8.58. The van der Waals surface area contributed by atoms with Crippen molar-refractivity contribution in [2.75, 3.05) is 13.7 Å². The molecule has 0 aromatic heterocycles. The average Bonchev–Trinajstić information content (AvgIpc) is 2.38. The smallest absolute Gasteiger partial charge is 0.305 e. The Morgan fingerprint density at radius 3 is 2.78 bits per heavy atom. The average molecular weight is 252 g/mol. The molecule has 4 heteroatoms. The van der Waals surface area contributed by atoms with Gasteiger partial charge in [-0.1, -0.05) is 19.1 Å². The zero-order valence-electron chi connectivity index (χ0n) is 11.1. The standard InChI is InChI=1S/C14H20O4/c1-4-18-12-7-5-6-11(9-12)14(16)10(2)8-13(15)17-3/h5-7,9-10,14,16H,4,8H2,1-3H3. The predicted molar refractivity (Wildman–Crippen MR) is 68.4 cm³/mol. The van der Waals surface area contributed by atoms with E-state index in [1.54, 1.807) is 6.07 Å². The summed E-state index contributed by atoms with van der Waals surface area (Å²) >= 11 is 0. The molecule has 2 atom stereocenters. The van der Waals surface area contributed by atoms with E-state index in [4.69, 9.17) is 4.74 Å². The van der Waals surface area contributed by atoms with E-state index in [1.807, 2.05) is 32.0 Å². The molecule has 0 heterocycles. The van der Waals surface area contributed by atoms with Crippen molar-refractivity contribution in [2.24, 2.45) is 5.92 Å². The Bertz CT molecular complexity index is 389. The number of carbonyl (C=O) groups excluding carboxylic acids is 1. The second-order valence-electron chi connectivity index (χ2n) is 4.21. The van der Waals surface area contributed by atoms with E-state index in [2.05, 4.69) is 4.74 Å². The third-order valence-corrected chi connectivity index (χ3v) is 2.77. The molecular weight excluding hydrogens is 232 g/mol. The van der Waals surface area contributed by atoms with Gasteiger partial charge in [-0.3, -0.25) is 4.79 Å². The van der Waals surface area contributed by atoms with Gasteiger partial charge in [0.15, 0.2) is 0 Å². The van der Waals surface area contributed by atoms with Gasteiger partial charge < -0.3 is 14.6 Å². The Balaban J connectivity index is 2.73. The Morgan fingerprint density at radius 1 is 1.44 bits per heavy atom. The molecule has 0 radical (unpaired) electrons. The summed E-state index contributed by atoms with van der Waals surface area (Å²) < 4.78 is 9.97. The molecule has 1 aromatic carbocycles. The van der Waals surface area contributed by atoms with Crippen LogP contribution in [0.1, 0.15) is 31.9 Å². The van der Waals surface area contributed by atoms with Gasteiger partial charge in [0.25, 0.3) is 0 Å². The zero-order chi connectivity index (χ0) is 13.5. The molecule has 0 fully saturated rings. The van der Waals surface area contributed by atoms with Gasteiger partial charge in [-0.15, -0.1) is 0 Å². The fraction of sp³-hybridized carbons (Fsp3) is 0.500. The molecule has 2 unspecified atom stereocenters. The molecule has 0 aliphatic heterocycles. The van der Waals surface area contributed by atoms with Crippen LogP contribution in [0.2, 0.25) is 0 Å². The van der Waals surface area contributed by atoms with E-state index in [1.165, 1.54) is 7.11 Å². The molecule has 100 valence electrons. The minimum Gasteiger partial charge on any atom is -0.494 e. The maximum Gasteiger partial charge on any atom is 0.305 e. The van der Waals surface area contributed by atoms with Crippen LogP contribution < -0.4 is 4.74 Å². The molecule has 0 aliphatic rings. The number of aliphatic hydroxyl groups excluding tert-OH is 1. The molecule has 1 rings (SSSR count). The summed E-state index contributed by atoms with van der Waals surface area (Å²) in [7, 11) is 1.34. The number of aliphatic hydroxyl groups is 1. The highest BCUT2D eigenvalue weighted by atomic mass is 16.5. The molecule has 0 aliphatic carbocycles. The molecule has 0 spiro atoms. The molecular formula is C14H20O4. The molecule has 0 amide bonds. The maximum absolute atomic E-state index is 11.2. The third kappa shape index (κ3) is 4.04. The zero-order valence-corrected chi connectivity index (χ0v) is 11.1. The SMILES string of the molecule is CCOc1cccc(C(O)C(C)CC(=O)OC)c1. The number of benzene rings is 1.